The van der Waals surface area contributed by atoms with Gasteiger partial charge in [0.1, 0.15) is 0 Å². The number of hydrogen-bond acceptors (Lipinski definition) is 6. The summed E-state index contributed by atoms with van der Waals surface area (Å²) in [6.45, 7) is 5.30. The Balaban J connectivity index is 0.000000169. The molecule has 10 heteroatoms. The zero-order valence-corrected chi connectivity index (χ0v) is 33.1. The van der Waals surface area contributed by atoms with Gasteiger partial charge in [-0.3, -0.25) is 24.1 Å². The van der Waals surface area contributed by atoms with Gasteiger partial charge in [0.25, 0.3) is 11.1 Å². The lowest BCUT2D eigenvalue weighted by molar-refractivity contribution is -0.117. The van der Waals surface area contributed by atoms with Gasteiger partial charge >= 0.3 is 0 Å². The van der Waals surface area contributed by atoms with E-state index >= 15 is 0 Å². The van der Waals surface area contributed by atoms with Gasteiger partial charge in [-0.2, -0.15) is 0 Å². The Hall–Kier alpha value is -4.80. The highest BCUT2D eigenvalue weighted by molar-refractivity contribution is 5.96. The van der Waals surface area contributed by atoms with Gasteiger partial charge in [-0.15, -0.1) is 0 Å². The molecule has 2 aromatic heterocycles. The maximum Gasteiger partial charge on any atom is 0.253 e. The van der Waals surface area contributed by atoms with Gasteiger partial charge in [-0.25, -0.2) is 0 Å². The molecule has 290 valence electrons. The summed E-state index contributed by atoms with van der Waals surface area (Å²) in [5, 5.41) is 9.86. The SMILES string of the molecule is Cc1cc(-c2cc3c(c(CN(C)C4CCCC4)c2)NC(=O)CC3)cn(C)c1=O.Cc1cc(-c2cc3c(c(CNC4CCCC4)c2)NC(=O)CC3)cn(C)c1=O. The predicted molar refractivity (Wildman–Crippen MR) is 220 cm³/mol. The van der Waals surface area contributed by atoms with Gasteiger partial charge in [-0.1, -0.05) is 25.7 Å². The maximum absolute atomic E-state index is 12.1. The van der Waals surface area contributed by atoms with Crippen molar-refractivity contribution < 1.29 is 9.59 Å². The monoisotopic (exact) mass is 744 g/mol. The van der Waals surface area contributed by atoms with Crippen LogP contribution in [-0.2, 0) is 49.6 Å². The number of hydrogen-bond donors (Lipinski definition) is 3. The number of aryl methyl sites for hydroxylation is 6. The van der Waals surface area contributed by atoms with Crippen LogP contribution in [0.5, 0.6) is 0 Å². The first kappa shape index (κ1) is 38.5. The van der Waals surface area contributed by atoms with Crippen molar-refractivity contribution in [3.05, 3.63) is 103 Å². The minimum atomic E-state index is 0.0343. The number of amides is 2. The highest BCUT2D eigenvalue weighted by Crippen LogP contribution is 2.36. The van der Waals surface area contributed by atoms with Crippen LogP contribution in [0.2, 0.25) is 0 Å². The summed E-state index contributed by atoms with van der Waals surface area (Å²) in [5.41, 5.74) is 12.5. The van der Waals surface area contributed by atoms with Crippen LogP contribution in [0.25, 0.3) is 22.3 Å². The Bertz CT molecular complexity index is 2170. The Morgan fingerprint density at radius 3 is 1.62 bits per heavy atom. The predicted octanol–water partition coefficient (Wildman–Crippen LogP) is 6.90. The van der Waals surface area contributed by atoms with Gasteiger partial charge < -0.3 is 25.1 Å². The number of pyridine rings is 2. The third kappa shape index (κ3) is 8.71. The van der Waals surface area contributed by atoms with Crippen LogP contribution in [0, 0.1) is 13.8 Å². The molecule has 55 heavy (non-hydrogen) atoms. The number of aromatic nitrogens is 2. The molecule has 10 nitrogen and oxygen atoms in total. The van der Waals surface area contributed by atoms with Gasteiger partial charge in [0.2, 0.25) is 11.8 Å². The smallest absolute Gasteiger partial charge is 0.253 e. The number of carbonyl (C=O) groups excluding carboxylic acids is 2. The molecule has 2 aliphatic heterocycles. The Morgan fingerprint density at radius 1 is 0.636 bits per heavy atom. The van der Waals surface area contributed by atoms with E-state index in [9.17, 15) is 19.2 Å². The number of fused-ring (bicyclic) bond motifs is 2. The molecule has 2 amide bonds. The van der Waals surface area contributed by atoms with Crippen LogP contribution < -0.4 is 27.1 Å². The highest BCUT2D eigenvalue weighted by atomic mass is 16.2. The van der Waals surface area contributed by atoms with Crippen molar-refractivity contribution in [1.82, 2.24) is 19.4 Å². The largest absolute Gasteiger partial charge is 0.326 e. The lowest BCUT2D eigenvalue weighted by Crippen LogP contribution is -2.30. The number of nitrogens with zero attached hydrogens (tertiary/aromatic N) is 3. The second kappa shape index (κ2) is 16.5. The van der Waals surface area contributed by atoms with Gasteiger partial charge in [0, 0.05) is 87.0 Å². The summed E-state index contributed by atoms with van der Waals surface area (Å²) >= 11 is 0. The average Bonchev–Trinajstić information content (AvgIpc) is 3.91. The van der Waals surface area contributed by atoms with Crippen LogP contribution >= 0.6 is 0 Å². The molecule has 0 atom stereocenters. The molecule has 4 aliphatic rings. The average molecular weight is 745 g/mol. The number of nitrogens with one attached hydrogen (secondary N) is 3. The normalized spacial score (nSPS) is 17.1. The molecule has 0 unspecified atom stereocenters. The van der Waals surface area contributed by atoms with Crippen LogP contribution in [0.3, 0.4) is 0 Å². The Morgan fingerprint density at radius 2 is 1.11 bits per heavy atom. The quantitative estimate of drug-likeness (QED) is 0.181. The minimum absolute atomic E-state index is 0.0343. The Labute approximate surface area is 324 Å². The molecule has 0 saturated heterocycles. The number of benzene rings is 2. The minimum Gasteiger partial charge on any atom is -0.326 e. The first-order chi connectivity index (χ1) is 26.4. The molecule has 4 heterocycles. The van der Waals surface area contributed by atoms with Crippen molar-refractivity contribution in [2.75, 3.05) is 17.7 Å². The number of anilines is 2. The van der Waals surface area contributed by atoms with Gasteiger partial charge in [0.15, 0.2) is 0 Å². The summed E-state index contributed by atoms with van der Waals surface area (Å²) in [6.07, 6.45) is 16.6. The second-order valence-corrected chi connectivity index (χ2v) is 16.3. The van der Waals surface area contributed by atoms with Gasteiger partial charge in [0.05, 0.1) is 0 Å². The van der Waals surface area contributed by atoms with E-state index in [4.69, 9.17) is 0 Å². The summed E-state index contributed by atoms with van der Waals surface area (Å²) in [6, 6.07) is 13.8. The van der Waals surface area contributed by atoms with E-state index < -0.39 is 0 Å². The van der Waals surface area contributed by atoms with Crippen molar-refractivity contribution in [3.8, 4) is 22.3 Å². The molecule has 3 N–H and O–H groups in total. The fourth-order valence-corrected chi connectivity index (χ4v) is 8.95. The lowest BCUT2D eigenvalue weighted by Gasteiger charge is -2.28. The standard InChI is InChI=1S/C23H29N3O2.C22H27N3O2/c1-15-10-18(13-26(3)23(15)28)17-11-16-8-9-21(27)24-22(16)19(12-17)14-25(2)20-6-4-5-7-20;1-14-9-18(13-25(2)22(14)27)16-10-15-7-8-20(26)24-21(15)17(11-16)12-23-19-5-3-4-6-19/h10-13,20H,4-9,14H2,1-3H3,(H,24,27);9-11,13,19,23H,3-8,12H2,1-2H3,(H,24,26). The number of carbonyl (C=O) groups is 2. The molecule has 8 rings (SSSR count). The molecule has 0 bridgehead atoms. The van der Waals surface area contributed by atoms with Gasteiger partial charge in [-0.05, 0) is 140 Å². The van der Waals surface area contributed by atoms with E-state index in [0.29, 0.717) is 24.9 Å². The van der Waals surface area contributed by atoms with E-state index in [1.54, 1.807) is 23.2 Å². The first-order valence-electron chi connectivity index (χ1n) is 20.1. The van der Waals surface area contributed by atoms with E-state index in [1.165, 1.54) is 68.1 Å². The van der Waals surface area contributed by atoms with E-state index in [-0.39, 0.29) is 22.9 Å². The van der Waals surface area contributed by atoms with Crippen LogP contribution in [0.1, 0.15) is 97.6 Å². The zero-order chi connectivity index (χ0) is 38.8. The lowest BCUT2D eigenvalue weighted by atomic mass is 9.93. The van der Waals surface area contributed by atoms with Crippen molar-refractivity contribution >= 4 is 23.2 Å². The highest BCUT2D eigenvalue weighted by Gasteiger charge is 2.25. The zero-order valence-electron chi connectivity index (χ0n) is 33.1. The fraction of sp³-hybridized carbons (Fsp3) is 0.467. The summed E-state index contributed by atoms with van der Waals surface area (Å²) in [5.74, 6) is 0.193. The third-order valence-corrected chi connectivity index (χ3v) is 12.1. The van der Waals surface area contributed by atoms with Crippen LogP contribution in [-0.4, -0.2) is 45.0 Å². The fourth-order valence-electron chi connectivity index (χ4n) is 8.95. The van der Waals surface area contributed by atoms with Crippen molar-refractivity contribution in [2.24, 2.45) is 14.1 Å². The van der Waals surface area contributed by atoms with Crippen LogP contribution in [0.15, 0.2) is 58.4 Å². The molecule has 4 aromatic rings. The summed E-state index contributed by atoms with van der Waals surface area (Å²) < 4.78 is 3.29. The Kier molecular flexibility index (Phi) is 11.6. The molecule has 2 aliphatic carbocycles. The van der Waals surface area contributed by atoms with Crippen LogP contribution in [0.4, 0.5) is 11.4 Å². The van der Waals surface area contributed by atoms with Crippen molar-refractivity contribution in [2.45, 2.75) is 116 Å². The molecule has 2 aromatic carbocycles. The molecular weight excluding hydrogens is 689 g/mol. The van der Waals surface area contributed by atoms with Crippen molar-refractivity contribution in [1.29, 1.82) is 0 Å². The van der Waals surface area contributed by atoms with E-state index in [0.717, 1.165) is 76.3 Å². The van der Waals surface area contributed by atoms with E-state index in [1.807, 2.05) is 38.4 Å². The molecule has 0 spiro atoms. The third-order valence-electron chi connectivity index (χ3n) is 12.1. The number of rotatable bonds is 8. The summed E-state index contributed by atoms with van der Waals surface area (Å²) in [7, 11) is 5.78. The molecule has 0 radical (unpaired) electrons. The first-order valence-corrected chi connectivity index (χ1v) is 20.1. The maximum atomic E-state index is 12.1. The molecule has 2 saturated carbocycles. The molecule has 2 fully saturated rings. The molecular formula is C45H56N6O4. The topological polar surface area (TPSA) is 117 Å². The summed E-state index contributed by atoms with van der Waals surface area (Å²) in [4.78, 5) is 50.6. The van der Waals surface area contributed by atoms with E-state index in [2.05, 4.69) is 52.2 Å². The second-order valence-electron chi connectivity index (χ2n) is 16.3. The van der Waals surface area contributed by atoms with Crippen molar-refractivity contribution in [3.63, 3.8) is 0 Å².